The second-order valence-electron chi connectivity index (χ2n) is 6.19. The summed E-state index contributed by atoms with van der Waals surface area (Å²) in [6.07, 6.45) is 2.39. The molecule has 2 aliphatic heterocycles. The second-order valence-corrected chi connectivity index (χ2v) is 7.25. The van der Waals surface area contributed by atoms with Gasteiger partial charge in [-0.05, 0) is 37.4 Å². The van der Waals surface area contributed by atoms with Crippen molar-refractivity contribution in [1.82, 2.24) is 14.2 Å². The molecule has 1 aromatic carbocycles. The number of piperidine rings is 1. The molecule has 2 fully saturated rings. The maximum Gasteiger partial charge on any atom is 0.268 e. The number of carbonyl (C=O) groups is 1. The van der Waals surface area contributed by atoms with Gasteiger partial charge in [0.05, 0.1) is 10.1 Å². The van der Waals surface area contributed by atoms with Crippen molar-refractivity contribution in [3.05, 3.63) is 34.6 Å². The minimum Gasteiger partial charge on any atom is -0.339 e. The van der Waals surface area contributed by atoms with E-state index in [1.165, 1.54) is 24.4 Å². The smallest absolute Gasteiger partial charge is 0.268 e. The van der Waals surface area contributed by atoms with Gasteiger partial charge in [0.1, 0.15) is 6.54 Å². The van der Waals surface area contributed by atoms with E-state index in [0.29, 0.717) is 17.3 Å². The topological polar surface area (TPSA) is 54.3 Å². The van der Waals surface area contributed by atoms with Crippen molar-refractivity contribution < 1.29 is 4.79 Å². The normalized spacial score (nSPS) is 24.6. The lowest BCUT2D eigenvalue weighted by Gasteiger charge is -2.24. The molecule has 2 saturated heterocycles. The number of rotatable bonds is 2. The highest BCUT2D eigenvalue weighted by Gasteiger charge is 2.36. The summed E-state index contributed by atoms with van der Waals surface area (Å²) in [5.41, 5.74) is -0.0521. The Bertz CT molecular complexity index is 752. The predicted molar refractivity (Wildman–Crippen MR) is 87.2 cm³/mol. The molecule has 2 aliphatic rings. The Hall–Kier alpha value is -1.66. The van der Waals surface area contributed by atoms with Gasteiger partial charge in [0.25, 0.3) is 5.56 Å². The third-order valence-corrected chi connectivity index (χ3v) is 5.85. The number of benzene rings is 1. The fourth-order valence-corrected chi connectivity index (χ4v) is 4.58. The van der Waals surface area contributed by atoms with E-state index >= 15 is 0 Å². The van der Waals surface area contributed by atoms with Crippen molar-refractivity contribution in [1.29, 1.82) is 0 Å². The Morgan fingerprint density at radius 3 is 3.00 bits per heavy atom. The quantitative estimate of drug-likeness (QED) is 0.908. The molecule has 0 spiro atoms. The zero-order valence-corrected chi connectivity index (χ0v) is 13.1. The molecule has 3 heterocycles. The van der Waals surface area contributed by atoms with E-state index in [4.69, 9.17) is 0 Å². The summed E-state index contributed by atoms with van der Waals surface area (Å²) >= 11 is 1.38. The van der Waals surface area contributed by atoms with Crippen LogP contribution in [-0.4, -0.2) is 40.4 Å². The Morgan fingerprint density at radius 1 is 1.32 bits per heavy atom. The standard InChI is InChI=1S/C16H19N3O2S/c20-15(18-8-11-4-3-7-17-13(11)9-18)10-19-16(21)12-5-1-2-6-14(12)22-19/h1-2,5-6,11,13,17H,3-4,7-10H2/t11-,13+/m0/s1. The van der Waals surface area contributed by atoms with Gasteiger partial charge in [-0.25, -0.2) is 0 Å². The minimum atomic E-state index is -0.0521. The van der Waals surface area contributed by atoms with Crippen LogP contribution in [0.1, 0.15) is 12.8 Å². The van der Waals surface area contributed by atoms with E-state index in [1.807, 2.05) is 29.2 Å². The van der Waals surface area contributed by atoms with E-state index in [2.05, 4.69) is 5.32 Å². The third-order valence-electron chi connectivity index (χ3n) is 4.78. The van der Waals surface area contributed by atoms with Crippen molar-refractivity contribution in [2.45, 2.75) is 25.4 Å². The molecule has 1 aromatic heterocycles. The van der Waals surface area contributed by atoms with Crippen LogP contribution >= 0.6 is 11.5 Å². The largest absolute Gasteiger partial charge is 0.339 e. The molecule has 22 heavy (non-hydrogen) atoms. The highest BCUT2D eigenvalue weighted by atomic mass is 32.1. The number of hydrogen-bond acceptors (Lipinski definition) is 4. The van der Waals surface area contributed by atoms with Crippen molar-refractivity contribution in [2.24, 2.45) is 5.92 Å². The van der Waals surface area contributed by atoms with Gasteiger partial charge in [0, 0.05) is 19.1 Å². The average Bonchev–Trinajstić information content (AvgIpc) is 3.10. The average molecular weight is 317 g/mol. The molecule has 0 bridgehead atoms. The summed E-state index contributed by atoms with van der Waals surface area (Å²) in [4.78, 5) is 26.8. The number of amides is 1. The molecule has 0 unspecified atom stereocenters. The monoisotopic (exact) mass is 317 g/mol. The number of nitrogens with one attached hydrogen (secondary N) is 1. The van der Waals surface area contributed by atoms with Crippen LogP contribution in [-0.2, 0) is 11.3 Å². The highest BCUT2D eigenvalue weighted by molar-refractivity contribution is 7.13. The van der Waals surface area contributed by atoms with Crippen LogP contribution in [0.3, 0.4) is 0 Å². The van der Waals surface area contributed by atoms with Crippen molar-refractivity contribution in [2.75, 3.05) is 19.6 Å². The summed E-state index contributed by atoms with van der Waals surface area (Å²) in [5.74, 6) is 0.640. The molecule has 0 radical (unpaired) electrons. The zero-order valence-electron chi connectivity index (χ0n) is 12.3. The van der Waals surface area contributed by atoms with E-state index in [0.717, 1.165) is 24.3 Å². The molecule has 116 valence electrons. The summed E-state index contributed by atoms with van der Waals surface area (Å²) in [7, 11) is 0. The van der Waals surface area contributed by atoms with Crippen molar-refractivity contribution in [3.8, 4) is 0 Å². The van der Waals surface area contributed by atoms with Gasteiger partial charge >= 0.3 is 0 Å². The van der Waals surface area contributed by atoms with Gasteiger partial charge in [0.15, 0.2) is 0 Å². The maximum atomic E-state index is 12.5. The molecule has 1 N–H and O–H groups in total. The number of hydrogen-bond donors (Lipinski definition) is 1. The van der Waals surface area contributed by atoms with Crippen LogP contribution in [0.15, 0.2) is 29.1 Å². The first-order valence-electron chi connectivity index (χ1n) is 7.82. The van der Waals surface area contributed by atoms with Crippen LogP contribution < -0.4 is 10.9 Å². The fraction of sp³-hybridized carbons (Fsp3) is 0.500. The van der Waals surface area contributed by atoms with Gasteiger partial charge in [0.2, 0.25) is 5.91 Å². The molecule has 0 aliphatic carbocycles. The van der Waals surface area contributed by atoms with Gasteiger partial charge in [-0.15, -0.1) is 0 Å². The first kappa shape index (κ1) is 14.0. The van der Waals surface area contributed by atoms with E-state index < -0.39 is 0 Å². The lowest BCUT2D eigenvalue weighted by molar-refractivity contribution is -0.130. The number of likely N-dealkylation sites (tertiary alicyclic amines) is 1. The zero-order chi connectivity index (χ0) is 15.1. The van der Waals surface area contributed by atoms with Crippen LogP contribution in [0, 0.1) is 5.92 Å². The second kappa shape index (κ2) is 5.52. The molecule has 6 heteroatoms. The van der Waals surface area contributed by atoms with Crippen LogP contribution in [0.2, 0.25) is 0 Å². The predicted octanol–water partition coefficient (Wildman–Crippen LogP) is 1.27. The Kier molecular flexibility index (Phi) is 3.50. The summed E-state index contributed by atoms with van der Waals surface area (Å²) in [6, 6.07) is 7.97. The van der Waals surface area contributed by atoms with Gasteiger partial charge in [-0.1, -0.05) is 23.7 Å². The van der Waals surface area contributed by atoms with Crippen LogP contribution in [0.4, 0.5) is 0 Å². The Balaban J connectivity index is 1.52. The molecule has 5 nitrogen and oxygen atoms in total. The molecule has 1 amide bonds. The Labute approximate surface area is 132 Å². The lowest BCUT2D eigenvalue weighted by atomic mass is 9.94. The minimum absolute atomic E-state index is 0.0521. The number of nitrogens with zero attached hydrogens (tertiary/aromatic N) is 2. The van der Waals surface area contributed by atoms with Gasteiger partial charge in [-0.3, -0.25) is 13.5 Å². The molecule has 0 saturated carbocycles. The number of aromatic nitrogens is 1. The molecule has 4 rings (SSSR count). The first-order valence-corrected chi connectivity index (χ1v) is 8.60. The first-order chi connectivity index (χ1) is 10.7. The maximum absolute atomic E-state index is 12.5. The number of carbonyl (C=O) groups excluding carboxylic acids is 1. The summed E-state index contributed by atoms with van der Waals surface area (Å²) in [6.45, 7) is 2.83. The summed E-state index contributed by atoms with van der Waals surface area (Å²) < 4.78 is 2.53. The van der Waals surface area contributed by atoms with Crippen molar-refractivity contribution in [3.63, 3.8) is 0 Å². The van der Waals surface area contributed by atoms with Gasteiger partial charge in [-0.2, -0.15) is 0 Å². The highest BCUT2D eigenvalue weighted by Crippen LogP contribution is 2.25. The fourth-order valence-electron chi connectivity index (χ4n) is 3.59. The molecular formula is C16H19N3O2S. The molecule has 2 atom stereocenters. The summed E-state index contributed by atoms with van der Waals surface area (Å²) in [5, 5.41) is 4.21. The SMILES string of the molecule is O=C(Cn1sc2ccccc2c1=O)N1C[C@@H]2CCCN[C@@H]2C1. The Morgan fingerprint density at radius 2 is 2.18 bits per heavy atom. The van der Waals surface area contributed by atoms with E-state index in [1.54, 1.807) is 3.96 Å². The van der Waals surface area contributed by atoms with E-state index in [9.17, 15) is 9.59 Å². The number of fused-ring (bicyclic) bond motifs is 2. The van der Waals surface area contributed by atoms with Crippen molar-refractivity contribution >= 4 is 27.5 Å². The van der Waals surface area contributed by atoms with Crippen LogP contribution in [0.25, 0.3) is 10.1 Å². The van der Waals surface area contributed by atoms with Crippen LogP contribution in [0.5, 0.6) is 0 Å². The third kappa shape index (κ3) is 2.36. The van der Waals surface area contributed by atoms with Gasteiger partial charge < -0.3 is 10.2 Å². The lowest BCUT2D eigenvalue weighted by Crippen LogP contribution is -2.41. The molecule has 2 aromatic rings. The molecular weight excluding hydrogens is 298 g/mol. The van der Waals surface area contributed by atoms with E-state index in [-0.39, 0.29) is 18.0 Å².